The summed E-state index contributed by atoms with van der Waals surface area (Å²) in [7, 11) is 0. The maximum absolute atomic E-state index is 10.7. The van der Waals surface area contributed by atoms with Crippen molar-refractivity contribution < 1.29 is 4.79 Å². The van der Waals surface area contributed by atoms with Crippen molar-refractivity contribution >= 4 is 27.7 Å². The van der Waals surface area contributed by atoms with E-state index < -0.39 is 0 Å². The fraction of sp³-hybridized carbons (Fsp3) is 0.250. The molecule has 1 heterocycles. The molecule has 1 aromatic carbocycles. The smallest absolute Gasteiger partial charge is 0.151 e. The second-order valence-electron chi connectivity index (χ2n) is 2.69. The van der Waals surface area contributed by atoms with Crippen LogP contribution >= 0.6 is 11.3 Å². The summed E-state index contributed by atoms with van der Waals surface area (Å²) in [5.74, 6) is 0. The van der Waals surface area contributed by atoms with Crippen molar-refractivity contribution in [1.82, 2.24) is 0 Å². The van der Waals surface area contributed by atoms with Crippen LogP contribution in [0.3, 0.4) is 0 Å². The Morgan fingerprint density at radius 2 is 1.86 bits per heavy atom. The Balaban J connectivity index is 0.000000461. The van der Waals surface area contributed by atoms with Gasteiger partial charge in [0.05, 0.1) is 0 Å². The van der Waals surface area contributed by atoms with Crippen molar-refractivity contribution in [3.63, 3.8) is 0 Å². The third-order valence-corrected chi connectivity index (χ3v) is 3.04. The number of hydrogen-bond donors (Lipinski definition) is 0. The molecule has 0 saturated heterocycles. The molecule has 2 aromatic rings. The predicted molar refractivity (Wildman–Crippen MR) is 63.3 cm³/mol. The molecule has 0 fully saturated rings. The largest absolute Gasteiger partial charge is 0.298 e. The van der Waals surface area contributed by atoms with Crippen LogP contribution in [0, 0.1) is 6.92 Å². The minimum Gasteiger partial charge on any atom is -0.298 e. The molecule has 0 aliphatic heterocycles. The van der Waals surface area contributed by atoms with Crippen LogP contribution in [0.5, 0.6) is 0 Å². The minimum atomic E-state index is 0.843. The van der Waals surface area contributed by atoms with Gasteiger partial charge in [-0.15, -0.1) is 11.3 Å². The van der Waals surface area contributed by atoms with Gasteiger partial charge in [0.25, 0.3) is 0 Å². The first-order chi connectivity index (χ1) is 6.83. The van der Waals surface area contributed by atoms with E-state index in [4.69, 9.17) is 0 Å². The number of rotatable bonds is 1. The third kappa shape index (κ3) is 1.85. The fourth-order valence-electron chi connectivity index (χ4n) is 1.33. The minimum absolute atomic E-state index is 0.843. The van der Waals surface area contributed by atoms with Gasteiger partial charge in [-0.1, -0.05) is 32.0 Å². The van der Waals surface area contributed by atoms with E-state index >= 15 is 0 Å². The average molecular weight is 206 g/mol. The second kappa shape index (κ2) is 4.91. The Morgan fingerprint density at radius 3 is 2.50 bits per heavy atom. The lowest BCUT2D eigenvalue weighted by molar-refractivity contribution is 0.112. The molecule has 1 aromatic heterocycles. The van der Waals surface area contributed by atoms with Gasteiger partial charge in [-0.05, 0) is 13.0 Å². The van der Waals surface area contributed by atoms with Crippen LogP contribution < -0.4 is 0 Å². The SMILES string of the molecule is CC.Cc1sc2ccccc2c1C=O. The molecule has 74 valence electrons. The summed E-state index contributed by atoms with van der Waals surface area (Å²) in [5.41, 5.74) is 0.843. The Morgan fingerprint density at radius 1 is 1.21 bits per heavy atom. The van der Waals surface area contributed by atoms with Gasteiger partial charge in [0.1, 0.15) is 0 Å². The Labute approximate surface area is 88.4 Å². The zero-order valence-electron chi connectivity index (χ0n) is 8.70. The van der Waals surface area contributed by atoms with Crippen molar-refractivity contribution in [2.24, 2.45) is 0 Å². The lowest BCUT2D eigenvalue weighted by Gasteiger charge is -1.87. The lowest BCUT2D eigenvalue weighted by atomic mass is 10.1. The third-order valence-electron chi connectivity index (χ3n) is 1.94. The van der Waals surface area contributed by atoms with Crippen LogP contribution in [0.1, 0.15) is 29.1 Å². The maximum Gasteiger partial charge on any atom is 0.151 e. The van der Waals surface area contributed by atoms with Crippen molar-refractivity contribution in [2.75, 3.05) is 0 Å². The van der Waals surface area contributed by atoms with Crippen LogP contribution in [0.25, 0.3) is 10.1 Å². The Kier molecular flexibility index (Phi) is 3.84. The van der Waals surface area contributed by atoms with Crippen LogP contribution in [0.15, 0.2) is 24.3 Å². The highest BCUT2D eigenvalue weighted by Gasteiger charge is 2.05. The predicted octanol–water partition coefficient (Wildman–Crippen LogP) is 4.05. The zero-order chi connectivity index (χ0) is 10.6. The quantitative estimate of drug-likeness (QED) is 0.643. The van der Waals surface area contributed by atoms with E-state index in [2.05, 4.69) is 0 Å². The van der Waals surface area contributed by atoms with E-state index in [9.17, 15) is 4.79 Å². The summed E-state index contributed by atoms with van der Waals surface area (Å²) >= 11 is 1.67. The number of carbonyl (C=O) groups excluding carboxylic acids is 1. The van der Waals surface area contributed by atoms with Gasteiger partial charge in [-0.3, -0.25) is 4.79 Å². The van der Waals surface area contributed by atoms with Gasteiger partial charge in [-0.25, -0.2) is 0 Å². The first kappa shape index (κ1) is 10.9. The first-order valence-electron chi connectivity index (χ1n) is 4.76. The topological polar surface area (TPSA) is 17.1 Å². The number of benzene rings is 1. The van der Waals surface area contributed by atoms with Crippen LogP contribution in [0.2, 0.25) is 0 Å². The first-order valence-corrected chi connectivity index (χ1v) is 5.58. The summed E-state index contributed by atoms with van der Waals surface area (Å²) in [6, 6.07) is 7.98. The van der Waals surface area contributed by atoms with E-state index in [-0.39, 0.29) is 0 Å². The maximum atomic E-state index is 10.7. The summed E-state index contributed by atoms with van der Waals surface area (Å²) in [4.78, 5) is 11.8. The van der Waals surface area contributed by atoms with Gasteiger partial charge >= 0.3 is 0 Å². The molecular weight excluding hydrogens is 192 g/mol. The molecule has 0 aliphatic carbocycles. The highest BCUT2D eigenvalue weighted by atomic mass is 32.1. The Hall–Kier alpha value is -1.15. The van der Waals surface area contributed by atoms with Gasteiger partial charge < -0.3 is 0 Å². The molecule has 2 rings (SSSR count). The number of thiophene rings is 1. The summed E-state index contributed by atoms with van der Waals surface area (Å²) in [6.45, 7) is 5.98. The molecule has 14 heavy (non-hydrogen) atoms. The fourth-order valence-corrected chi connectivity index (χ4v) is 2.37. The monoisotopic (exact) mass is 206 g/mol. The summed E-state index contributed by atoms with van der Waals surface area (Å²) in [6.07, 6.45) is 0.939. The molecule has 0 unspecified atom stereocenters. The van der Waals surface area contributed by atoms with Gasteiger partial charge in [0.15, 0.2) is 6.29 Å². The van der Waals surface area contributed by atoms with E-state index in [0.717, 1.165) is 22.1 Å². The average Bonchev–Trinajstić information content (AvgIpc) is 2.56. The molecule has 2 heteroatoms. The van der Waals surface area contributed by atoms with Crippen LogP contribution in [0.4, 0.5) is 0 Å². The lowest BCUT2D eigenvalue weighted by Crippen LogP contribution is -1.77. The van der Waals surface area contributed by atoms with Crippen molar-refractivity contribution in [1.29, 1.82) is 0 Å². The molecule has 0 atom stereocenters. The molecule has 1 nitrogen and oxygen atoms in total. The molecule has 0 spiro atoms. The van der Waals surface area contributed by atoms with E-state index in [0.29, 0.717) is 0 Å². The normalized spacial score (nSPS) is 9.36. The number of carbonyl (C=O) groups is 1. The van der Waals surface area contributed by atoms with E-state index in [1.807, 2.05) is 45.0 Å². The summed E-state index contributed by atoms with van der Waals surface area (Å²) < 4.78 is 1.19. The van der Waals surface area contributed by atoms with Crippen LogP contribution in [-0.2, 0) is 0 Å². The van der Waals surface area contributed by atoms with Crippen LogP contribution in [-0.4, -0.2) is 6.29 Å². The molecule has 0 amide bonds. The van der Waals surface area contributed by atoms with Gasteiger partial charge in [0.2, 0.25) is 0 Å². The molecule has 0 bridgehead atoms. The van der Waals surface area contributed by atoms with E-state index in [1.165, 1.54) is 4.70 Å². The summed E-state index contributed by atoms with van der Waals surface area (Å²) in [5, 5.41) is 1.08. The second-order valence-corrected chi connectivity index (χ2v) is 3.94. The number of aryl methyl sites for hydroxylation is 1. The molecular formula is C12H14OS. The zero-order valence-corrected chi connectivity index (χ0v) is 9.52. The van der Waals surface area contributed by atoms with E-state index in [1.54, 1.807) is 11.3 Å². The highest BCUT2D eigenvalue weighted by Crippen LogP contribution is 2.28. The van der Waals surface area contributed by atoms with Crippen molar-refractivity contribution in [2.45, 2.75) is 20.8 Å². The van der Waals surface area contributed by atoms with Crippen molar-refractivity contribution in [3.8, 4) is 0 Å². The Bertz CT molecular complexity index is 429. The van der Waals surface area contributed by atoms with Crippen molar-refractivity contribution in [3.05, 3.63) is 34.7 Å². The molecule has 0 radical (unpaired) electrons. The van der Waals surface area contributed by atoms with Gasteiger partial charge in [-0.2, -0.15) is 0 Å². The van der Waals surface area contributed by atoms with Gasteiger partial charge in [0, 0.05) is 20.5 Å². The standard InChI is InChI=1S/C10H8OS.C2H6/c1-7-9(6-11)8-4-2-3-5-10(8)12-7;1-2/h2-6H,1H3;1-2H3. The molecule has 0 N–H and O–H groups in total. The molecule has 0 aliphatic rings. The highest BCUT2D eigenvalue weighted by molar-refractivity contribution is 7.19. The molecule has 0 saturated carbocycles. The number of hydrogen-bond acceptors (Lipinski definition) is 2. The number of aldehydes is 1. The number of fused-ring (bicyclic) bond motifs is 1.